The highest BCUT2D eigenvalue weighted by Crippen LogP contribution is 2.37. The van der Waals surface area contributed by atoms with E-state index in [9.17, 15) is 14.4 Å². The van der Waals surface area contributed by atoms with Gasteiger partial charge in [0.1, 0.15) is 0 Å². The minimum absolute atomic E-state index is 0.0434. The van der Waals surface area contributed by atoms with Crippen LogP contribution in [0, 0.1) is 24.7 Å². The van der Waals surface area contributed by atoms with Crippen LogP contribution < -0.4 is 10.6 Å². The number of hydrogen-bond donors (Lipinski definition) is 2. The van der Waals surface area contributed by atoms with Gasteiger partial charge in [0.2, 0.25) is 0 Å². The molecule has 2 amide bonds. The number of ketones is 1. The summed E-state index contributed by atoms with van der Waals surface area (Å²) in [6.45, 7) is 8.33. The molecule has 560 valence electrons. The monoisotopic (exact) mass is 1440 g/mol. The molecule has 0 radical (unpaired) electrons. The number of Topliss-reactive ketones (excluding diaryl/α,β-unsaturated/α-hetero) is 1. The van der Waals surface area contributed by atoms with Gasteiger partial charge in [-0.05, 0) is 183 Å². The fourth-order valence-corrected chi connectivity index (χ4v) is 16.9. The lowest BCUT2D eigenvalue weighted by atomic mass is 9.87. The molecule has 26 nitrogen and oxygen atoms in total. The van der Waals surface area contributed by atoms with Crippen molar-refractivity contribution in [2.45, 2.75) is 288 Å². The van der Waals surface area contributed by atoms with Crippen LogP contribution in [-0.2, 0) is 25.9 Å². The zero-order chi connectivity index (χ0) is 74.0. The number of fused-ring (bicyclic) bond motifs is 16. The molecule has 0 unspecified atom stereocenters. The second-order valence-electron chi connectivity index (χ2n) is 30.0. The topological polar surface area (TPSA) is 305 Å². The standard InChI is InChI=1S/C40H46N14O2.C19H25N7O.C15H29N.C6H7N/c1-27(55)28-15-36-19-37(16-28)52-25-32(44-48-52)21-41-22-33-26-53(49-45-33)39-18-29(40(56)54(34-11-4-2-5-12-34)35-13-6-3-7-14-35)17-38(20-39)51-24-31(43-47-51)10-8-9-30-23-50(36)46-42-30;20-24-22-15-11-14(12-16(13-15)23-25-21)19(27)26(17-7-3-1-4-8-17)18-9-5-2-6-10-18;1-13(2)16(14-9-5-3-6-10-14)15-11-7-4-8-12-15;1-3-5-7-6-4-2/h15-20,23-26,34-35,41H,2-14,21-22H2,1H3;11-13,17-18H,1-10H2;13-15H,3-12H2,1-2H3;1-2,7H,5-6H2. The number of aromatic nitrogens is 12. The summed E-state index contributed by atoms with van der Waals surface area (Å²) in [5, 5.41) is 49.0. The lowest BCUT2D eigenvalue weighted by Gasteiger charge is -2.44. The largest absolute Gasteiger partial charge is 0.333 e. The van der Waals surface area contributed by atoms with Gasteiger partial charge in [0.05, 0.1) is 83.4 Å². The van der Waals surface area contributed by atoms with Crippen LogP contribution in [0.5, 0.6) is 0 Å². The number of nitrogens with zero attached hydrogens (tertiary/aromatic N) is 21. The van der Waals surface area contributed by atoms with E-state index in [1.807, 2.05) is 49.1 Å². The van der Waals surface area contributed by atoms with Crippen LogP contribution in [0.15, 0.2) is 89.6 Å². The number of carbonyl (C=O) groups excluding carboxylic acids is 3. The first-order valence-corrected chi connectivity index (χ1v) is 39.3. The van der Waals surface area contributed by atoms with E-state index >= 15 is 0 Å². The fraction of sp³-hybridized carbons (Fsp3) is 0.588. The van der Waals surface area contributed by atoms with Crippen LogP contribution >= 0.6 is 0 Å². The first kappa shape index (κ1) is 77.5. The number of terminal acetylenes is 2. The summed E-state index contributed by atoms with van der Waals surface area (Å²) >= 11 is 0. The van der Waals surface area contributed by atoms with E-state index in [2.05, 4.69) is 112 Å². The number of azide groups is 2. The molecule has 6 aliphatic carbocycles. The van der Waals surface area contributed by atoms with E-state index < -0.39 is 0 Å². The van der Waals surface area contributed by atoms with Crippen molar-refractivity contribution in [2.24, 2.45) is 10.2 Å². The number of rotatable bonds is 14. The Kier molecular flexibility index (Phi) is 29.0. The lowest BCUT2D eigenvalue weighted by molar-refractivity contribution is 0.0441. The normalized spacial score (nSPS) is 17.9. The summed E-state index contributed by atoms with van der Waals surface area (Å²) in [6, 6.07) is 19.7. The molecule has 5 heterocycles. The van der Waals surface area contributed by atoms with Crippen molar-refractivity contribution >= 4 is 29.0 Å². The second kappa shape index (κ2) is 39.7. The molecule has 3 aromatic carbocycles. The van der Waals surface area contributed by atoms with Crippen molar-refractivity contribution in [3.63, 3.8) is 0 Å². The molecule has 1 aliphatic heterocycles. The summed E-state index contributed by atoms with van der Waals surface area (Å²) in [6.07, 6.45) is 56.8. The zero-order valence-corrected chi connectivity index (χ0v) is 62.5. The smallest absolute Gasteiger partial charge is 0.254 e. The van der Waals surface area contributed by atoms with E-state index in [0.29, 0.717) is 72.8 Å². The van der Waals surface area contributed by atoms with Crippen molar-refractivity contribution in [1.29, 1.82) is 0 Å². The average Bonchev–Trinajstić information content (AvgIpc) is 1.33. The third kappa shape index (κ3) is 21.4. The summed E-state index contributed by atoms with van der Waals surface area (Å²) in [7, 11) is 0. The minimum Gasteiger partial charge on any atom is -0.333 e. The molecule has 7 aliphatic rings. The number of aryl methyl sites for hydroxylation is 2. The van der Waals surface area contributed by atoms with Crippen molar-refractivity contribution < 1.29 is 14.4 Å². The molecule has 0 saturated heterocycles. The Morgan fingerprint density at radius 2 is 0.774 bits per heavy atom. The van der Waals surface area contributed by atoms with Crippen LogP contribution in [0.3, 0.4) is 0 Å². The minimum atomic E-state index is -0.0699. The van der Waals surface area contributed by atoms with Crippen LogP contribution in [0.25, 0.3) is 43.6 Å². The molecule has 0 atom stereocenters. The van der Waals surface area contributed by atoms with Crippen LogP contribution in [-0.4, -0.2) is 148 Å². The van der Waals surface area contributed by atoms with Crippen LogP contribution in [0.1, 0.15) is 274 Å². The molecule has 7 aromatic rings. The second-order valence-corrected chi connectivity index (χ2v) is 30.0. The van der Waals surface area contributed by atoms with Gasteiger partial charge in [-0.1, -0.05) is 158 Å². The number of nitrogens with one attached hydrogen (secondary N) is 2. The Labute approximate surface area is 624 Å². The molecule has 4 aromatic heterocycles. The number of carbonyl (C=O) groups is 3. The van der Waals surface area contributed by atoms with Gasteiger partial charge in [0.25, 0.3) is 11.8 Å². The lowest BCUT2D eigenvalue weighted by Crippen LogP contribution is -2.48. The van der Waals surface area contributed by atoms with E-state index in [0.717, 1.165) is 156 Å². The van der Waals surface area contributed by atoms with E-state index in [-0.39, 0.29) is 53.1 Å². The third-order valence-corrected chi connectivity index (χ3v) is 22.0. The van der Waals surface area contributed by atoms with Gasteiger partial charge in [-0.3, -0.25) is 24.6 Å². The van der Waals surface area contributed by atoms with Gasteiger partial charge in [0.15, 0.2) is 5.78 Å². The predicted molar refractivity (Wildman–Crippen MR) is 410 cm³/mol. The summed E-state index contributed by atoms with van der Waals surface area (Å²) in [5.74, 6) is 4.75. The Morgan fingerprint density at radius 3 is 1.09 bits per heavy atom. The SMILES string of the molecule is C#CCNCC#C.CC(=O)c1cc2cc(c1)-n1cc(nn1)CNCc1cn(nn1)-c1cc(C(=O)N(C3CCCCC3)C3CCCCC3)cc(c1)-n1cc(nn1)CCCc1cn-2nn1.CC(C)N(C1CCCCC1)C1CCCCC1.[N-]=[N+]=Nc1cc(N=[N+]=[N-])cc(C(=O)N(C2CCCCC2)C2CCCCC2)c1. The van der Waals surface area contributed by atoms with E-state index in [1.165, 1.54) is 103 Å². The van der Waals surface area contributed by atoms with Crippen LogP contribution in [0.4, 0.5) is 11.4 Å². The number of hydrogen-bond acceptors (Lipinski definition) is 16. The highest BCUT2D eigenvalue weighted by Gasteiger charge is 2.36. The quantitative estimate of drug-likeness (QED) is 0.0255. The molecule has 106 heavy (non-hydrogen) atoms. The zero-order valence-electron chi connectivity index (χ0n) is 62.5. The van der Waals surface area contributed by atoms with Gasteiger partial charge in [-0.25, -0.2) is 18.7 Å². The van der Waals surface area contributed by atoms with E-state index in [1.54, 1.807) is 43.0 Å². The van der Waals surface area contributed by atoms with Crippen molar-refractivity contribution in [3.05, 3.63) is 140 Å². The van der Waals surface area contributed by atoms with Gasteiger partial charge in [0, 0.05) is 93.3 Å². The molecule has 14 rings (SSSR count). The van der Waals surface area contributed by atoms with Crippen molar-refractivity contribution in [2.75, 3.05) is 13.1 Å². The molecule has 26 heteroatoms. The highest BCUT2D eigenvalue weighted by atomic mass is 16.2. The summed E-state index contributed by atoms with van der Waals surface area (Å²) < 4.78 is 6.81. The average molecular weight is 1440 g/mol. The molecule has 2 N–H and O–H groups in total. The van der Waals surface area contributed by atoms with Crippen molar-refractivity contribution in [3.8, 4) is 47.4 Å². The third-order valence-electron chi connectivity index (χ3n) is 22.0. The summed E-state index contributed by atoms with van der Waals surface area (Å²) in [4.78, 5) is 53.6. The van der Waals surface area contributed by atoms with E-state index in [4.69, 9.17) is 23.9 Å². The summed E-state index contributed by atoms with van der Waals surface area (Å²) in [5.41, 5.74) is 25.6. The Morgan fingerprint density at radius 1 is 0.462 bits per heavy atom. The predicted octanol–water partition coefficient (Wildman–Crippen LogP) is 16.0. The van der Waals surface area contributed by atoms with Crippen LogP contribution in [0.2, 0.25) is 0 Å². The number of benzene rings is 3. The maximum atomic E-state index is 14.8. The molecule has 12 bridgehead atoms. The first-order valence-electron chi connectivity index (χ1n) is 39.3. The number of amides is 2. The molecule has 6 saturated carbocycles. The maximum Gasteiger partial charge on any atom is 0.254 e. The van der Waals surface area contributed by atoms with Crippen molar-refractivity contribution in [1.82, 2.24) is 85.3 Å². The Hall–Kier alpha value is -9.55. The van der Waals surface area contributed by atoms with Gasteiger partial charge in [-0.15, -0.1) is 33.2 Å². The molecule has 0 spiro atoms. The highest BCUT2D eigenvalue weighted by molar-refractivity contribution is 5.97. The van der Waals surface area contributed by atoms with Gasteiger partial charge >= 0.3 is 0 Å². The molecular weight excluding hydrogens is 1330 g/mol. The first-order chi connectivity index (χ1) is 51.9. The maximum absolute atomic E-state index is 14.8. The van der Waals surface area contributed by atoms with Gasteiger partial charge < -0.3 is 15.1 Å². The van der Waals surface area contributed by atoms with Gasteiger partial charge in [-0.2, -0.15) is 0 Å². The Bertz CT molecular complexity index is 3950. The Balaban J connectivity index is 0.000000183. The molecular formula is C80H107N23O3. The molecule has 6 fully saturated rings. The fourth-order valence-electron chi connectivity index (χ4n) is 16.9.